The SMILES string of the molecule is C[C@]1(c2ccccc2)NC(=O)N(NC(=O)CSc2nnc3ccccn23)C1=O. The van der Waals surface area contributed by atoms with E-state index >= 15 is 0 Å². The van der Waals surface area contributed by atoms with Gasteiger partial charge >= 0.3 is 6.03 Å². The van der Waals surface area contributed by atoms with Crippen LogP contribution in [0.25, 0.3) is 5.65 Å². The first kappa shape index (κ1) is 18.0. The number of amides is 4. The lowest BCUT2D eigenvalue weighted by atomic mass is 9.92. The van der Waals surface area contributed by atoms with Crippen LogP contribution in [-0.4, -0.2) is 43.2 Å². The molecule has 3 aromatic rings. The number of fused-ring (bicyclic) bond motifs is 1. The third kappa shape index (κ3) is 3.07. The molecule has 9 nitrogen and oxygen atoms in total. The fourth-order valence-corrected chi connectivity index (χ4v) is 3.63. The quantitative estimate of drug-likeness (QED) is 0.497. The van der Waals surface area contributed by atoms with Crippen LogP contribution in [0.3, 0.4) is 0 Å². The highest BCUT2D eigenvalue weighted by Gasteiger charge is 2.49. The summed E-state index contributed by atoms with van der Waals surface area (Å²) in [6, 6.07) is 13.7. The molecule has 2 N–H and O–H groups in total. The average Bonchev–Trinajstić information content (AvgIpc) is 3.22. The standard InChI is InChI=1S/C18H16N6O3S/c1-18(12-7-3-2-4-8-12)15(26)24(16(27)19-18)22-14(25)11-28-17-21-20-13-9-5-6-10-23(13)17/h2-10H,11H2,1H3,(H,19,27)(H,22,25)/t18-/m1/s1. The molecule has 10 heteroatoms. The molecule has 1 saturated heterocycles. The van der Waals surface area contributed by atoms with Crippen LogP contribution in [0.1, 0.15) is 12.5 Å². The van der Waals surface area contributed by atoms with Crippen LogP contribution in [0.2, 0.25) is 0 Å². The summed E-state index contributed by atoms with van der Waals surface area (Å²) in [6.45, 7) is 1.60. The Balaban J connectivity index is 1.43. The van der Waals surface area contributed by atoms with Crippen molar-refractivity contribution in [3.05, 3.63) is 60.3 Å². The van der Waals surface area contributed by atoms with E-state index in [1.165, 1.54) is 0 Å². The van der Waals surface area contributed by atoms with E-state index in [9.17, 15) is 14.4 Å². The van der Waals surface area contributed by atoms with E-state index in [0.29, 0.717) is 16.4 Å². The van der Waals surface area contributed by atoms with E-state index in [0.717, 1.165) is 16.8 Å². The second-order valence-electron chi connectivity index (χ2n) is 6.30. The van der Waals surface area contributed by atoms with Crippen molar-refractivity contribution in [2.75, 3.05) is 5.75 Å². The summed E-state index contributed by atoms with van der Waals surface area (Å²) in [5, 5.41) is 11.9. The Labute approximate surface area is 164 Å². The molecule has 1 aliphatic heterocycles. The maximum atomic E-state index is 12.8. The molecule has 28 heavy (non-hydrogen) atoms. The van der Waals surface area contributed by atoms with Gasteiger partial charge in [-0.25, -0.2) is 4.79 Å². The Bertz CT molecular complexity index is 1070. The van der Waals surface area contributed by atoms with Crippen LogP contribution in [0.5, 0.6) is 0 Å². The molecule has 3 heterocycles. The highest BCUT2D eigenvalue weighted by molar-refractivity contribution is 7.99. The number of carbonyl (C=O) groups is 3. The van der Waals surface area contributed by atoms with E-state index in [4.69, 9.17) is 0 Å². The topological polar surface area (TPSA) is 109 Å². The molecule has 4 rings (SSSR count). The minimum Gasteiger partial charge on any atom is -0.318 e. The predicted molar refractivity (Wildman–Crippen MR) is 101 cm³/mol. The first-order chi connectivity index (χ1) is 13.5. The van der Waals surface area contributed by atoms with Gasteiger partial charge in [0.05, 0.1) is 5.75 Å². The lowest BCUT2D eigenvalue weighted by Crippen LogP contribution is -2.48. The zero-order valence-corrected chi connectivity index (χ0v) is 15.6. The summed E-state index contributed by atoms with van der Waals surface area (Å²) in [5.41, 5.74) is 2.43. The van der Waals surface area contributed by atoms with E-state index in [1.54, 1.807) is 47.9 Å². The smallest absolute Gasteiger partial charge is 0.318 e. The molecule has 2 aromatic heterocycles. The number of thioether (sulfide) groups is 1. The van der Waals surface area contributed by atoms with Gasteiger partial charge in [0.1, 0.15) is 5.54 Å². The summed E-state index contributed by atoms with van der Waals surface area (Å²) in [6.07, 6.45) is 1.79. The first-order valence-electron chi connectivity index (χ1n) is 8.43. The molecule has 4 amide bonds. The summed E-state index contributed by atoms with van der Waals surface area (Å²) >= 11 is 1.15. The molecular weight excluding hydrogens is 380 g/mol. The predicted octanol–water partition coefficient (Wildman–Crippen LogP) is 1.32. The van der Waals surface area contributed by atoms with E-state index in [-0.39, 0.29) is 5.75 Å². The number of imide groups is 1. The van der Waals surface area contributed by atoms with Crippen molar-refractivity contribution in [3.63, 3.8) is 0 Å². The number of carbonyl (C=O) groups excluding carboxylic acids is 3. The van der Waals surface area contributed by atoms with Crippen molar-refractivity contribution in [1.82, 2.24) is 30.3 Å². The van der Waals surface area contributed by atoms with Gasteiger partial charge in [-0.15, -0.1) is 10.2 Å². The maximum absolute atomic E-state index is 12.8. The number of rotatable bonds is 5. The average molecular weight is 396 g/mol. The van der Waals surface area contributed by atoms with Crippen molar-refractivity contribution >= 4 is 35.3 Å². The zero-order valence-electron chi connectivity index (χ0n) is 14.8. The van der Waals surface area contributed by atoms with Crippen molar-refractivity contribution in [3.8, 4) is 0 Å². The van der Waals surface area contributed by atoms with Gasteiger partial charge in [0, 0.05) is 6.20 Å². The Morgan fingerprint density at radius 1 is 1.14 bits per heavy atom. The van der Waals surface area contributed by atoms with Crippen LogP contribution >= 0.6 is 11.8 Å². The fraction of sp³-hybridized carbons (Fsp3) is 0.167. The van der Waals surface area contributed by atoms with E-state index < -0.39 is 23.4 Å². The molecule has 142 valence electrons. The Morgan fingerprint density at radius 3 is 2.68 bits per heavy atom. The van der Waals surface area contributed by atoms with Crippen molar-refractivity contribution in [2.45, 2.75) is 17.6 Å². The molecule has 0 bridgehead atoms. The van der Waals surface area contributed by atoms with Gasteiger partial charge in [-0.3, -0.25) is 19.4 Å². The molecule has 1 aliphatic rings. The number of nitrogens with one attached hydrogen (secondary N) is 2. The Morgan fingerprint density at radius 2 is 1.89 bits per heavy atom. The molecule has 0 radical (unpaired) electrons. The van der Waals surface area contributed by atoms with Gasteiger partial charge in [0.15, 0.2) is 10.8 Å². The van der Waals surface area contributed by atoms with Crippen LogP contribution in [0.4, 0.5) is 4.79 Å². The summed E-state index contributed by atoms with van der Waals surface area (Å²) in [5.74, 6) is -1.08. The molecule has 1 atom stereocenters. The first-order valence-corrected chi connectivity index (χ1v) is 9.42. The number of hydrogen-bond donors (Lipinski definition) is 2. The molecule has 0 unspecified atom stereocenters. The van der Waals surface area contributed by atoms with Gasteiger partial charge in [0.25, 0.3) is 5.91 Å². The number of aromatic nitrogens is 3. The zero-order chi connectivity index (χ0) is 19.7. The third-order valence-corrected chi connectivity index (χ3v) is 5.34. The molecular formula is C18H16N6O3S. The maximum Gasteiger partial charge on any atom is 0.344 e. The number of pyridine rings is 1. The number of hydrogen-bond acceptors (Lipinski definition) is 6. The number of nitrogens with zero attached hydrogens (tertiary/aromatic N) is 4. The van der Waals surface area contributed by atoms with Gasteiger partial charge in [-0.1, -0.05) is 48.2 Å². The van der Waals surface area contributed by atoms with Gasteiger partial charge in [-0.2, -0.15) is 5.01 Å². The molecule has 1 fully saturated rings. The molecule has 0 aliphatic carbocycles. The molecule has 1 aromatic carbocycles. The van der Waals surface area contributed by atoms with Gasteiger partial charge < -0.3 is 5.32 Å². The highest BCUT2D eigenvalue weighted by atomic mass is 32.2. The van der Waals surface area contributed by atoms with Crippen molar-refractivity contribution in [2.24, 2.45) is 0 Å². The molecule has 0 spiro atoms. The largest absolute Gasteiger partial charge is 0.344 e. The van der Waals surface area contributed by atoms with E-state index in [1.807, 2.05) is 18.2 Å². The molecule has 0 saturated carbocycles. The van der Waals surface area contributed by atoms with Crippen LogP contribution in [0, 0.1) is 0 Å². The lowest BCUT2D eigenvalue weighted by molar-refractivity contribution is -0.138. The summed E-state index contributed by atoms with van der Waals surface area (Å²) in [4.78, 5) is 37.3. The monoisotopic (exact) mass is 396 g/mol. The number of urea groups is 1. The third-order valence-electron chi connectivity index (χ3n) is 4.39. The van der Waals surface area contributed by atoms with Crippen LogP contribution in [0.15, 0.2) is 59.9 Å². The normalized spacial score (nSPS) is 19.1. The van der Waals surface area contributed by atoms with Gasteiger partial charge in [0.2, 0.25) is 5.91 Å². The number of benzene rings is 1. The van der Waals surface area contributed by atoms with Crippen LogP contribution < -0.4 is 10.7 Å². The van der Waals surface area contributed by atoms with Crippen molar-refractivity contribution < 1.29 is 14.4 Å². The van der Waals surface area contributed by atoms with Crippen LogP contribution in [-0.2, 0) is 15.1 Å². The van der Waals surface area contributed by atoms with Crippen molar-refractivity contribution in [1.29, 1.82) is 0 Å². The highest BCUT2D eigenvalue weighted by Crippen LogP contribution is 2.27. The minimum atomic E-state index is -1.23. The summed E-state index contributed by atoms with van der Waals surface area (Å²) < 4.78 is 1.75. The fourth-order valence-electron chi connectivity index (χ4n) is 2.91. The Kier molecular flexibility index (Phi) is 4.47. The lowest BCUT2D eigenvalue weighted by Gasteiger charge is -2.22. The minimum absolute atomic E-state index is 0.0329. The second-order valence-corrected chi connectivity index (χ2v) is 7.24. The second kappa shape index (κ2) is 6.97. The Hall–Kier alpha value is -3.40. The van der Waals surface area contributed by atoms with Gasteiger partial charge in [-0.05, 0) is 24.6 Å². The van der Waals surface area contributed by atoms with E-state index in [2.05, 4.69) is 20.9 Å². The summed E-state index contributed by atoms with van der Waals surface area (Å²) in [7, 11) is 0. The number of hydrazine groups is 1.